The van der Waals surface area contributed by atoms with Gasteiger partial charge in [0.15, 0.2) is 0 Å². The first kappa shape index (κ1) is 20.2. The molecule has 0 N–H and O–H groups in total. The lowest BCUT2D eigenvalue weighted by atomic mass is 9.99. The number of benzene rings is 3. The van der Waals surface area contributed by atoms with E-state index in [0.717, 1.165) is 21.9 Å². The van der Waals surface area contributed by atoms with Gasteiger partial charge in [-0.25, -0.2) is 13.2 Å². The Morgan fingerprint density at radius 1 is 1.03 bits per heavy atom. The first-order valence-electron chi connectivity index (χ1n) is 9.87. The molecule has 1 heterocycles. The van der Waals surface area contributed by atoms with E-state index in [0.29, 0.717) is 5.57 Å². The number of carbonyl (C=O) groups excluding carboxylic acids is 1. The highest BCUT2D eigenvalue weighted by molar-refractivity contribution is 7.89. The van der Waals surface area contributed by atoms with Crippen molar-refractivity contribution in [2.45, 2.75) is 31.2 Å². The zero-order chi connectivity index (χ0) is 21.3. The lowest BCUT2D eigenvalue weighted by Crippen LogP contribution is -2.27. The highest BCUT2D eigenvalue weighted by Crippen LogP contribution is 2.40. The van der Waals surface area contributed by atoms with Crippen LogP contribution >= 0.6 is 0 Å². The summed E-state index contributed by atoms with van der Waals surface area (Å²) in [4.78, 5) is 12.6. The van der Waals surface area contributed by atoms with Gasteiger partial charge in [0.2, 0.25) is 0 Å². The summed E-state index contributed by atoms with van der Waals surface area (Å²) >= 11 is 0. The van der Waals surface area contributed by atoms with Crippen LogP contribution in [0.2, 0.25) is 0 Å². The maximum absolute atomic E-state index is 13.4. The second-order valence-electron chi connectivity index (χ2n) is 7.35. The molecule has 3 aromatic carbocycles. The topological polar surface area (TPSA) is 63.7 Å². The van der Waals surface area contributed by atoms with Crippen molar-refractivity contribution in [3.63, 3.8) is 0 Å². The average Bonchev–Trinajstić information content (AvgIpc) is 3.20. The Morgan fingerprint density at radius 2 is 1.73 bits per heavy atom. The Labute approximate surface area is 176 Å². The van der Waals surface area contributed by atoms with Gasteiger partial charge >= 0.3 is 5.97 Å². The van der Waals surface area contributed by atoms with Gasteiger partial charge in [-0.05, 0) is 48.4 Å². The number of esters is 1. The van der Waals surface area contributed by atoms with E-state index in [1.54, 1.807) is 31.2 Å². The van der Waals surface area contributed by atoms with Crippen molar-refractivity contribution >= 4 is 26.8 Å². The Hall–Kier alpha value is -3.12. The molecule has 1 aliphatic rings. The Bertz CT molecular complexity index is 1230. The normalized spacial score (nSPS) is 16.5. The van der Waals surface area contributed by atoms with Crippen LogP contribution in [-0.4, -0.2) is 25.3 Å². The van der Waals surface area contributed by atoms with Gasteiger partial charge in [-0.1, -0.05) is 54.1 Å². The summed E-state index contributed by atoms with van der Waals surface area (Å²) in [5.41, 5.74) is 2.16. The monoisotopic (exact) mass is 421 g/mol. The number of hydrogen-bond donors (Lipinski definition) is 0. The number of rotatable bonds is 5. The highest BCUT2D eigenvalue weighted by Gasteiger charge is 2.37. The Kier molecular flexibility index (Phi) is 5.35. The molecule has 4 rings (SSSR count). The lowest BCUT2D eigenvalue weighted by Gasteiger charge is -2.26. The van der Waals surface area contributed by atoms with Gasteiger partial charge in [-0.2, -0.15) is 0 Å². The molecule has 154 valence electrons. The first-order valence-corrected chi connectivity index (χ1v) is 11.3. The van der Waals surface area contributed by atoms with Gasteiger partial charge in [0, 0.05) is 12.6 Å². The van der Waals surface area contributed by atoms with Gasteiger partial charge in [0.1, 0.15) is 0 Å². The number of fused-ring (bicyclic) bond motifs is 1. The minimum absolute atomic E-state index is 0.195. The number of carbonyl (C=O) groups is 1. The summed E-state index contributed by atoms with van der Waals surface area (Å²) in [6.07, 6.45) is 1.69. The largest absolute Gasteiger partial charge is 0.463 e. The van der Waals surface area contributed by atoms with E-state index in [-0.39, 0.29) is 17.9 Å². The Balaban J connectivity index is 1.79. The zero-order valence-corrected chi connectivity index (χ0v) is 17.7. The van der Waals surface area contributed by atoms with Crippen molar-refractivity contribution in [1.82, 2.24) is 4.31 Å². The van der Waals surface area contributed by atoms with Crippen LogP contribution in [0.25, 0.3) is 10.8 Å². The molecule has 0 saturated heterocycles. The highest BCUT2D eigenvalue weighted by atomic mass is 32.2. The Morgan fingerprint density at radius 3 is 2.43 bits per heavy atom. The smallest absolute Gasteiger partial charge is 0.335 e. The van der Waals surface area contributed by atoms with Crippen LogP contribution in [0.15, 0.2) is 83.4 Å². The van der Waals surface area contributed by atoms with E-state index in [2.05, 4.69) is 0 Å². The standard InChI is InChI=1S/C24H23NO4S/c1-3-29-24(26)21-15-23(20-11-10-18-6-4-5-7-19(18)14-20)25(16-21)30(27,28)22-12-8-17(2)9-13-22/h4-14,16,23H,3,15H2,1-2H3. The molecule has 0 aliphatic carbocycles. The van der Waals surface area contributed by atoms with E-state index in [1.807, 2.05) is 49.4 Å². The molecule has 5 nitrogen and oxygen atoms in total. The molecule has 1 atom stereocenters. The SMILES string of the molecule is CCOC(=O)C1=CN(S(=O)(=O)c2ccc(C)cc2)C(c2ccc3ccccc3c2)C1. The molecule has 0 amide bonds. The van der Waals surface area contributed by atoms with Gasteiger partial charge in [0.05, 0.1) is 23.1 Å². The van der Waals surface area contributed by atoms with Crippen LogP contribution in [0.4, 0.5) is 0 Å². The molecule has 0 radical (unpaired) electrons. The third-order valence-electron chi connectivity index (χ3n) is 5.30. The molecule has 1 aliphatic heterocycles. The number of ether oxygens (including phenoxy) is 1. The van der Waals surface area contributed by atoms with Crippen molar-refractivity contribution in [3.05, 3.63) is 89.6 Å². The van der Waals surface area contributed by atoms with E-state index in [9.17, 15) is 13.2 Å². The molecule has 6 heteroatoms. The molecule has 0 aromatic heterocycles. The molecule has 0 spiro atoms. The molecule has 0 bridgehead atoms. The minimum Gasteiger partial charge on any atom is -0.463 e. The lowest BCUT2D eigenvalue weighted by molar-refractivity contribution is -0.138. The number of aryl methyl sites for hydroxylation is 1. The first-order chi connectivity index (χ1) is 14.4. The molecule has 0 fully saturated rings. The van der Waals surface area contributed by atoms with E-state index < -0.39 is 22.0 Å². The number of sulfonamides is 1. The van der Waals surface area contributed by atoms with E-state index >= 15 is 0 Å². The zero-order valence-electron chi connectivity index (χ0n) is 16.9. The van der Waals surface area contributed by atoms with Crippen molar-refractivity contribution in [2.24, 2.45) is 0 Å². The third-order valence-corrected chi connectivity index (χ3v) is 7.08. The van der Waals surface area contributed by atoms with E-state index in [4.69, 9.17) is 4.74 Å². The second kappa shape index (κ2) is 7.95. The van der Waals surface area contributed by atoms with Gasteiger partial charge in [-0.3, -0.25) is 4.31 Å². The van der Waals surface area contributed by atoms with Gasteiger partial charge in [-0.15, -0.1) is 0 Å². The predicted octanol–water partition coefficient (Wildman–Crippen LogP) is 4.73. The maximum atomic E-state index is 13.4. The summed E-state index contributed by atoms with van der Waals surface area (Å²) < 4.78 is 33.3. The molecule has 3 aromatic rings. The molecule has 30 heavy (non-hydrogen) atoms. The molecular weight excluding hydrogens is 398 g/mol. The predicted molar refractivity (Wildman–Crippen MR) is 116 cm³/mol. The fourth-order valence-electron chi connectivity index (χ4n) is 3.70. The maximum Gasteiger partial charge on any atom is 0.335 e. The summed E-state index contributed by atoms with van der Waals surface area (Å²) in [5, 5.41) is 2.10. The average molecular weight is 422 g/mol. The summed E-state index contributed by atoms with van der Waals surface area (Å²) in [7, 11) is -3.84. The summed E-state index contributed by atoms with van der Waals surface area (Å²) in [6.45, 7) is 3.87. The summed E-state index contributed by atoms with van der Waals surface area (Å²) in [5.74, 6) is -0.482. The van der Waals surface area contributed by atoms with Crippen LogP contribution < -0.4 is 0 Å². The molecule has 1 unspecified atom stereocenters. The number of nitrogens with zero attached hydrogens (tertiary/aromatic N) is 1. The van der Waals surface area contributed by atoms with Crippen molar-refractivity contribution in [1.29, 1.82) is 0 Å². The minimum atomic E-state index is -3.84. The van der Waals surface area contributed by atoms with Crippen LogP contribution in [0.3, 0.4) is 0 Å². The summed E-state index contributed by atoms with van der Waals surface area (Å²) in [6, 6.07) is 20.0. The van der Waals surface area contributed by atoms with Crippen LogP contribution in [0.5, 0.6) is 0 Å². The molecular formula is C24H23NO4S. The van der Waals surface area contributed by atoms with Gasteiger partial charge in [0.25, 0.3) is 10.0 Å². The van der Waals surface area contributed by atoms with E-state index in [1.165, 1.54) is 10.5 Å². The fourth-order valence-corrected chi connectivity index (χ4v) is 5.22. The second-order valence-corrected chi connectivity index (χ2v) is 9.19. The van der Waals surface area contributed by atoms with Crippen LogP contribution in [-0.2, 0) is 19.6 Å². The quantitative estimate of drug-likeness (QED) is 0.559. The fraction of sp³-hybridized carbons (Fsp3) is 0.208. The van der Waals surface area contributed by atoms with Crippen LogP contribution in [0.1, 0.15) is 30.5 Å². The van der Waals surface area contributed by atoms with Gasteiger partial charge < -0.3 is 4.74 Å². The van der Waals surface area contributed by atoms with Crippen LogP contribution in [0, 0.1) is 6.92 Å². The van der Waals surface area contributed by atoms with Crippen molar-refractivity contribution in [3.8, 4) is 0 Å². The third kappa shape index (κ3) is 3.71. The van der Waals surface area contributed by atoms with Crippen molar-refractivity contribution < 1.29 is 17.9 Å². The number of hydrogen-bond acceptors (Lipinski definition) is 4. The molecule has 0 saturated carbocycles. The van der Waals surface area contributed by atoms with Crippen molar-refractivity contribution in [2.75, 3.05) is 6.61 Å².